The van der Waals surface area contributed by atoms with Gasteiger partial charge >= 0.3 is 0 Å². The molecule has 0 aliphatic carbocycles. The molecule has 1 heterocycles. The van der Waals surface area contributed by atoms with Crippen molar-refractivity contribution < 1.29 is 19.1 Å². The zero-order valence-corrected chi connectivity index (χ0v) is 13.9. The van der Waals surface area contributed by atoms with E-state index in [0.29, 0.717) is 17.7 Å². The van der Waals surface area contributed by atoms with Crippen molar-refractivity contribution in [2.45, 2.75) is 45.1 Å². The van der Waals surface area contributed by atoms with Gasteiger partial charge in [-0.1, -0.05) is 26.8 Å². The number of ether oxygens (including phenoxy) is 1. The number of nitrogens with one attached hydrogen (secondary N) is 2. The van der Waals surface area contributed by atoms with Gasteiger partial charge in [0.05, 0.1) is 7.11 Å². The fourth-order valence-corrected chi connectivity index (χ4v) is 2.52. The number of rotatable bonds is 3. The lowest BCUT2D eigenvalue weighted by Gasteiger charge is -2.24. The Labute approximate surface area is 135 Å². The van der Waals surface area contributed by atoms with Crippen LogP contribution in [-0.2, 0) is 15.0 Å². The molecule has 0 radical (unpaired) electrons. The van der Waals surface area contributed by atoms with Crippen LogP contribution in [0.5, 0.6) is 5.75 Å². The molecule has 0 saturated carbocycles. The average Bonchev–Trinajstić information content (AvgIpc) is 2.48. The van der Waals surface area contributed by atoms with Gasteiger partial charge in [0.1, 0.15) is 11.8 Å². The average molecular weight is 318 g/mol. The summed E-state index contributed by atoms with van der Waals surface area (Å²) in [5, 5.41) is 4.88. The predicted octanol–water partition coefficient (Wildman–Crippen LogP) is 1.53. The molecular weight excluding hydrogens is 296 g/mol. The van der Waals surface area contributed by atoms with Crippen molar-refractivity contribution in [3.05, 3.63) is 29.3 Å². The fraction of sp³-hybridized carbons (Fsp3) is 0.471. The van der Waals surface area contributed by atoms with Crippen molar-refractivity contribution >= 4 is 17.7 Å². The summed E-state index contributed by atoms with van der Waals surface area (Å²) in [4.78, 5) is 35.2. The van der Waals surface area contributed by atoms with Crippen LogP contribution in [-0.4, -0.2) is 30.9 Å². The van der Waals surface area contributed by atoms with Crippen LogP contribution in [0.3, 0.4) is 0 Å². The minimum Gasteiger partial charge on any atom is -0.496 e. The van der Waals surface area contributed by atoms with Crippen molar-refractivity contribution in [2.75, 3.05) is 7.11 Å². The van der Waals surface area contributed by atoms with Crippen molar-refractivity contribution in [3.8, 4) is 5.75 Å². The minimum absolute atomic E-state index is 0.107. The Balaban J connectivity index is 2.17. The van der Waals surface area contributed by atoms with E-state index >= 15 is 0 Å². The van der Waals surface area contributed by atoms with Crippen LogP contribution >= 0.6 is 0 Å². The summed E-state index contributed by atoms with van der Waals surface area (Å²) >= 11 is 0. The zero-order valence-electron chi connectivity index (χ0n) is 13.9. The topological polar surface area (TPSA) is 84.5 Å². The molecule has 1 aromatic rings. The molecule has 0 bridgehead atoms. The molecule has 1 aromatic carbocycles. The second kappa shape index (κ2) is 6.40. The Morgan fingerprint density at radius 3 is 2.57 bits per heavy atom. The van der Waals surface area contributed by atoms with Gasteiger partial charge in [-0.05, 0) is 29.5 Å². The maximum atomic E-state index is 12.3. The molecule has 1 atom stereocenters. The van der Waals surface area contributed by atoms with Crippen LogP contribution in [0.4, 0.5) is 0 Å². The highest BCUT2D eigenvalue weighted by atomic mass is 16.5. The lowest BCUT2D eigenvalue weighted by Crippen LogP contribution is -2.52. The van der Waals surface area contributed by atoms with Crippen LogP contribution in [0.15, 0.2) is 18.2 Å². The highest BCUT2D eigenvalue weighted by Gasteiger charge is 2.28. The van der Waals surface area contributed by atoms with E-state index in [9.17, 15) is 14.4 Å². The van der Waals surface area contributed by atoms with Gasteiger partial charge in [-0.3, -0.25) is 19.7 Å². The van der Waals surface area contributed by atoms with Crippen LogP contribution in [0.1, 0.15) is 49.5 Å². The summed E-state index contributed by atoms with van der Waals surface area (Å²) in [7, 11) is 1.56. The molecule has 124 valence electrons. The fourth-order valence-electron chi connectivity index (χ4n) is 2.52. The highest BCUT2D eigenvalue weighted by molar-refractivity contribution is 6.03. The number of methoxy groups -OCH3 is 1. The van der Waals surface area contributed by atoms with Crippen LogP contribution in [0.25, 0.3) is 0 Å². The van der Waals surface area contributed by atoms with E-state index in [0.717, 1.165) is 5.56 Å². The number of carbonyl (C=O) groups excluding carboxylic acids is 3. The lowest BCUT2D eigenvalue weighted by molar-refractivity contribution is -0.134. The van der Waals surface area contributed by atoms with E-state index < -0.39 is 11.9 Å². The molecule has 1 aliphatic heterocycles. The third-order valence-corrected chi connectivity index (χ3v) is 3.82. The number of carbonyl (C=O) groups is 3. The Bertz CT molecular complexity index is 646. The molecule has 6 heteroatoms. The zero-order chi connectivity index (χ0) is 17.2. The summed E-state index contributed by atoms with van der Waals surface area (Å²) in [6.07, 6.45) is 0.538. The number of hydrogen-bond donors (Lipinski definition) is 2. The van der Waals surface area contributed by atoms with Gasteiger partial charge in [-0.15, -0.1) is 0 Å². The smallest absolute Gasteiger partial charge is 0.252 e. The predicted molar refractivity (Wildman–Crippen MR) is 85.3 cm³/mol. The van der Waals surface area contributed by atoms with Gasteiger partial charge in [-0.2, -0.15) is 0 Å². The van der Waals surface area contributed by atoms with Crippen molar-refractivity contribution in [1.82, 2.24) is 10.6 Å². The minimum atomic E-state index is -0.687. The Hall–Kier alpha value is -2.37. The number of imide groups is 1. The van der Waals surface area contributed by atoms with E-state index in [1.807, 2.05) is 6.07 Å². The largest absolute Gasteiger partial charge is 0.496 e. The van der Waals surface area contributed by atoms with Crippen LogP contribution in [0.2, 0.25) is 0 Å². The molecule has 1 fully saturated rings. The molecule has 3 amide bonds. The van der Waals surface area contributed by atoms with E-state index in [2.05, 4.69) is 31.4 Å². The molecule has 1 unspecified atom stereocenters. The monoisotopic (exact) mass is 318 g/mol. The first-order chi connectivity index (χ1) is 10.7. The third-order valence-electron chi connectivity index (χ3n) is 3.82. The van der Waals surface area contributed by atoms with Gasteiger partial charge in [-0.25, -0.2) is 0 Å². The standard InChI is InChI=1S/C17H22N2O4/c1-17(2,3)11-6-5-10(9-13(11)23-4)15(21)18-12-7-8-14(20)19-16(12)22/h5-6,9,12H,7-8H2,1-4H3,(H,18,21)(H,19,20,22). The summed E-state index contributed by atoms with van der Waals surface area (Å²) in [6.45, 7) is 6.19. The molecular formula is C17H22N2O4. The maximum absolute atomic E-state index is 12.3. The second-order valence-corrected chi connectivity index (χ2v) is 6.64. The van der Waals surface area contributed by atoms with Crippen LogP contribution in [0, 0.1) is 0 Å². The summed E-state index contributed by atoms with van der Waals surface area (Å²) < 4.78 is 5.38. The molecule has 0 spiro atoms. The first-order valence-corrected chi connectivity index (χ1v) is 7.55. The number of amides is 3. The molecule has 1 saturated heterocycles. The highest BCUT2D eigenvalue weighted by Crippen LogP contribution is 2.31. The number of hydrogen-bond acceptors (Lipinski definition) is 4. The number of piperidine rings is 1. The molecule has 6 nitrogen and oxygen atoms in total. The van der Waals surface area contributed by atoms with E-state index in [1.54, 1.807) is 19.2 Å². The van der Waals surface area contributed by atoms with Gasteiger partial charge in [0.2, 0.25) is 11.8 Å². The molecule has 2 N–H and O–H groups in total. The van der Waals surface area contributed by atoms with Crippen LogP contribution < -0.4 is 15.4 Å². The quantitative estimate of drug-likeness (QED) is 0.828. The first-order valence-electron chi connectivity index (χ1n) is 7.55. The summed E-state index contributed by atoms with van der Waals surface area (Å²) in [6, 6.07) is 4.55. The number of benzene rings is 1. The normalized spacial score (nSPS) is 18.3. The van der Waals surface area contributed by atoms with Gasteiger partial charge in [0, 0.05) is 12.0 Å². The molecule has 1 aliphatic rings. The Morgan fingerprint density at radius 2 is 2.00 bits per heavy atom. The second-order valence-electron chi connectivity index (χ2n) is 6.64. The molecule has 2 rings (SSSR count). The Morgan fingerprint density at radius 1 is 1.30 bits per heavy atom. The van der Waals surface area contributed by atoms with Gasteiger partial charge in [0.15, 0.2) is 0 Å². The van der Waals surface area contributed by atoms with Crippen molar-refractivity contribution in [2.24, 2.45) is 0 Å². The van der Waals surface area contributed by atoms with E-state index in [1.165, 1.54) is 0 Å². The lowest BCUT2D eigenvalue weighted by atomic mass is 9.85. The van der Waals surface area contributed by atoms with E-state index in [-0.39, 0.29) is 23.7 Å². The summed E-state index contributed by atoms with van der Waals surface area (Å²) in [5.41, 5.74) is 1.31. The van der Waals surface area contributed by atoms with Crippen molar-refractivity contribution in [1.29, 1.82) is 0 Å². The molecule has 0 aromatic heterocycles. The Kier molecular flexibility index (Phi) is 4.73. The first kappa shape index (κ1) is 17.0. The maximum Gasteiger partial charge on any atom is 0.252 e. The third kappa shape index (κ3) is 3.88. The van der Waals surface area contributed by atoms with Gasteiger partial charge < -0.3 is 10.1 Å². The molecule has 23 heavy (non-hydrogen) atoms. The summed E-state index contributed by atoms with van der Waals surface area (Å²) in [5.74, 6) is -0.503. The van der Waals surface area contributed by atoms with E-state index in [4.69, 9.17) is 4.74 Å². The van der Waals surface area contributed by atoms with Crippen molar-refractivity contribution in [3.63, 3.8) is 0 Å². The van der Waals surface area contributed by atoms with Gasteiger partial charge in [0.25, 0.3) is 5.91 Å². The SMILES string of the molecule is COc1cc(C(=O)NC2CCC(=O)NC2=O)ccc1C(C)(C)C.